The third-order valence-electron chi connectivity index (χ3n) is 2.73. The van der Waals surface area contributed by atoms with Crippen molar-refractivity contribution >= 4 is 17.1 Å². The number of carbonyl (C=O) groups excluding carboxylic acids is 1. The molecule has 0 bridgehead atoms. The fraction of sp³-hybridized carbons (Fsp3) is 0.545. The van der Waals surface area contributed by atoms with Crippen molar-refractivity contribution in [2.45, 2.75) is 25.2 Å². The summed E-state index contributed by atoms with van der Waals surface area (Å²) >= 11 is 1.77. The highest BCUT2D eigenvalue weighted by molar-refractivity contribution is 7.10. The van der Waals surface area contributed by atoms with Crippen LogP contribution in [0.15, 0.2) is 11.4 Å². The van der Waals surface area contributed by atoms with Gasteiger partial charge in [0.2, 0.25) is 0 Å². The predicted octanol–water partition coefficient (Wildman–Crippen LogP) is 2.38. The summed E-state index contributed by atoms with van der Waals surface area (Å²) in [6.07, 6.45) is 3.27. The first-order chi connectivity index (χ1) is 6.83. The Hall–Kier alpha value is -0.670. The number of aryl methyl sites for hydroxylation is 1. The van der Waals surface area contributed by atoms with Gasteiger partial charge < -0.3 is 4.74 Å². The molecule has 76 valence electrons. The van der Waals surface area contributed by atoms with Gasteiger partial charge in [0.1, 0.15) is 6.61 Å². The molecule has 0 N–H and O–H groups in total. The lowest BCUT2D eigenvalue weighted by molar-refractivity contribution is -0.124. The molecule has 0 spiro atoms. The Balaban J connectivity index is 2.19. The fourth-order valence-electron chi connectivity index (χ4n) is 2.06. The number of hydrogen-bond donors (Lipinski definition) is 0. The number of ether oxygens (including phenoxy) is 1. The van der Waals surface area contributed by atoms with Gasteiger partial charge in [-0.2, -0.15) is 0 Å². The van der Waals surface area contributed by atoms with Crippen LogP contribution < -0.4 is 0 Å². The van der Waals surface area contributed by atoms with Crippen LogP contribution in [0.2, 0.25) is 0 Å². The van der Waals surface area contributed by atoms with Crippen LogP contribution in [-0.2, 0) is 16.0 Å². The second kappa shape index (κ2) is 4.24. The first-order valence-corrected chi connectivity index (χ1v) is 5.79. The summed E-state index contributed by atoms with van der Waals surface area (Å²) < 4.78 is 4.90. The van der Waals surface area contributed by atoms with Crippen molar-refractivity contribution in [2.75, 3.05) is 13.7 Å². The molecule has 3 heteroatoms. The Morgan fingerprint density at radius 3 is 3.36 bits per heavy atom. The highest BCUT2D eigenvalue weighted by Gasteiger charge is 2.26. The van der Waals surface area contributed by atoms with Crippen molar-refractivity contribution in [1.29, 1.82) is 0 Å². The van der Waals surface area contributed by atoms with Crippen molar-refractivity contribution < 1.29 is 9.53 Å². The molecule has 1 aromatic heterocycles. The van der Waals surface area contributed by atoms with Crippen molar-refractivity contribution in [3.05, 3.63) is 21.9 Å². The van der Waals surface area contributed by atoms with Gasteiger partial charge in [-0.05, 0) is 36.3 Å². The quantitative estimate of drug-likeness (QED) is 0.765. The van der Waals surface area contributed by atoms with Gasteiger partial charge in [-0.3, -0.25) is 4.79 Å². The maximum atomic E-state index is 11.7. The summed E-state index contributed by atoms with van der Waals surface area (Å²) in [7, 11) is 1.58. The van der Waals surface area contributed by atoms with Crippen LogP contribution >= 0.6 is 11.3 Å². The Labute approximate surface area is 87.9 Å². The zero-order chi connectivity index (χ0) is 9.97. The Kier molecular flexibility index (Phi) is 2.99. The zero-order valence-electron chi connectivity index (χ0n) is 8.29. The third-order valence-corrected chi connectivity index (χ3v) is 3.72. The van der Waals surface area contributed by atoms with Crippen molar-refractivity contribution in [1.82, 2.24) is 0 Å². The molecule has 2 rings (SSSR count). The summed E-state index contributed by atoms with van der Waals surface area (Å²) in [4.78, 5) is 13.1. The van der Waals surface area contributed by atoms with Gasteiger partial charge in [0.15, 0.2) is 5.78 Å². The van der Waals surface area contributed by atoms with E-state index in [1.54, 1.807) is 18.4 Å². The summed E-state index contributed by atoms with van der Waals surface area (Å²) in [5.74, 6) is 0.330. The van der Waals surface area contributed by atoms with Gasteiger partial charge in [-0.1, -0.05) is 0 Å². The zero-order valence-corrected chi connectivity index (χ0v) is 9.10. The van der Waals surface area contributed by atoms with E-state index in [4.69, 9.17) is 4.74 Å². The first kappa shape index (κ1) is 9.87. The smallest absolute Gasteiger partial charge is 0.165 e. The Morgan fingerprint density at radius 1 is 1.71 bits per heavy atom. The van der Waals surface area contributed by atoms with Crippen molar-refractivity contribution in [3.8, 4) is 0 Å². The van der Waals surface area contributed by atoms with E-state index in [1.807, 2.05) is 0 Å². The van der Waals surface area contributed by atoms with Gasteiger partial charge in [0.05, 0.1) is 0 Å². The first-order valence-electron chi connectivity index (χ1n) is 4.91. The summed E-state index contributed by atoms with van der Waals surface area (Å²) in [6.45, 7) is 0.250. The largest absolute Gasteiger partial charge is 0.377 e. The number of rotatable bonds is 3. The van der Waals surface area contributed by atoms with Gasteiger partial charge in [0, 0.05) is 17.9 Å². The van der Waals surface area contributed by atoms with E-state index in [1.165, 1.54) is 10.4 Å². The minimum Gasteiger partial charge on any atom is -0.377 e. The maximum Gasteiger partial charge on any atom is 0.165 e. The lowest BCUT2D eigenvalue weighted by Gasteiger charge is -2.20. The van der Waals surface area contributed by atoms with E-state index in [9.17, 15) is 4.79 Å². The number of hydrogen-bond acceptors (Lipinski definition) is 3. The summed E-state index contributed by atoms with van der Waals surface area (Å²) in [6, 6.07) is 2.09. The van der Waals surface area contributed by atoms with E-state index >= 15 is 0 Å². The van der Waals surface area contributed by atoms with Crippen LogP contribution in [0.25, 0.3) is 0 Å². The molecule has 1 aliphatic carbocycles. The molecule has 0 aliphatic heterocycles. The molecule has 0 amide bonds. The second-order valence-electron chi connectivity index (χ2n) is 3.64. The van der Waals surface area contributed by atoms with Crippen molar-refractivity contribution in [3.63, 3.8) is 0 Å². The van der Waals surface area contributed by atoms with Crippen LogP contribution in [-0.4, -0.2) is 19.5 Å². The molecule has 0 saturated carbocycles. The summed E-state index contributed by atoms with van der Waals surface area (Å²) in [5.41, 5.74) is 1.25. The maximum absolute atomic E-state index is 11.7. The number of ketones is 1. The number of fused-ring (bicyclic) bond motifs is 1. The van der Waals surface area contributed by atoms with E-state index in [-0.39, 0.29) is 18.3 Å². The van der Waals surface area contributed by atoms with E-state index in [0.717, 1.165) is 19.3 Å². The minimum atomic E-state index is 0.102. The van der Waals surface area contributed by atoms with Gasteiger partial charge in [-0.15, -0.1) is 11.3 Å². The fourth-order valence-corrected chi connectivity index (χ4v) is 3.05. The monoisotopic (exact) mass is 210 g/mol. The molecule has 1 aromatic rings. The molecular formula is C11H14O2S. The standard InChI is InChI=1S/C11H14O2S/c1-13-7-10(12)8-3-2-4-11-9(8)5-6-14-11/h5-6,8H,2-4,7H2,1H3. The number of Topliss-reactive ketones (excluding diaryl/α,β-unsaturated/α-hetero) is 1. The average molecular weight is 210 g/mol. The molecular weight excluding hydrogens is 196 g/mol. The van der Waals surface area contributed by atoms with Crippen LogP contribution in [0, 0.1) is 0 Å². The highest BCUT2D eigenvalue weighted by Crippen LogP contribution is 2.35. The highest BCUT2D eigenvalue weighted by atomic mass is 32.1. The van der Waals surface area contributed by atoms with Crippen LogP contribution in [0.5, 0.6) is 0 Å². The van der Waals surface area contributed by atoms with Gasteiger partial charge in [0.25, 0.3) is 0 Å². The molecule has 0 fully saturated rings. The van der Waals surface area contributed by atoms with E-state index in [2.05, 4.69) is 11.4 Å². The number of carbonyl (C=O) groups is 1. The van der Waals surface area contributed by atoms with Crippen molar-refractivity contribution in [2.24, 2.45) is 0 Å². The van der Waals surface area contributed by atoms with Gasteiger partial charge in [-0.25, -0.2) is 0 Å². The topological polar surface area (TPSA) is 26.3 Å². The predicted molar refractivity (Wildman–Crippen MR) is 56.9 cm³/mol. The molecule has 1 atom stereocenters. The molecule has 14 heavy (non-hydrogen) atoms. The number of methoxy groups -OCH3 is 1. The molecule has 1 heterocycles. The second-order valence-corrected chi connectivity index (χ2v) is 4.64. The van der Waals surface area contributed by atoms with Crippen LogP contribution in [0.4, 0.5) is 0 Å². The van der Waals surface area contributed by atoms with E-state index < -0.39 is 0 Å². The number of thiophene rings is 1. The Bertz CT molecular complexity index is 330. The average Bonchev–Trinajstić information content (AvgIpc) is 2.65. The lowest BCUT2D eigenvalue weighted by Crippen LogP contribution is -2.20. The van der Waals surface area contributed by atoms with Gasteiger partial charge >= 0.3 is 0 Å². The van der Waals surface area contributed by atoms with Crippen LogP contribution in [0.1, 0.15) is 29.2 Å². The third kappa shape index (κ3) is 1.74. The molecule has 1 unspecified atom stereocenters. The lowest BCUT2D eigenvalue weighted by atomic mass is 9.85. The normalized spacial score (nSPS) is 20.5. The van der Waals surface area contributed by atoms with Crippen LogP contribution in [0.3, 0.4) is 0 Å². The minimum absolute atomic E-state index is 0.102. The molecule has 0 saturated heterocycles. The Morgan fingerprint density at radius 2 is 2.57 bits per heavy atom. The summed E-state index contributed by atoms with van der Waals surface area (Å²) in [5, 5.41) is 2.09. The molecule has 0 radical (unpaired) electrons. The molecule has 2 nitrogen and oxygen atoms in total. The SMILES string of the molecule is COCC(=O)C1CCCc2sccc21. The molecule has 0 aromatic carbocycles. The van der Waals surface area contributed by atoms with E-state index in [0.29, 0.717) is 0 Å². The molecule has 1 aliphatic rings.